The summed E-state index contributed by atoms with van der Waals surface area (Å²) in [7, 11) is 0. The standard InChI is InChI=1S/C28H15FN2/c29-28-20(16-30)14-19(15-21(28)17-31)27-24-12-6-4-10-22(24)26(18-8-2-1-3-9-18)23-11-5-7-13-25(23)27/h1-15H. The van der Waals surface area contributed by atoms with Crippen molar-refractivity contribution in [1.82, 2.24) is 0 Å². The molecular weight excluding hydrogens is 383 g/mol. The van der Waals surface area contributed by atoms with E-state index in [9.17, 15) is 14.9 Å². The highest BCUT2D eigenvalue weighted by atomic mass is 19.1. The molecule has 0 radical (unpaired) electrons. The first-order valence-corrected chi connectivity index (χ1v) is 9.86. The van der Waals surface area contributed by atoms with E-state index in [0.717, 1.165) is 38.2 Å². The average Bonchev–Trinajstić information content (AvgIpc) is 2.83. The Morgan fingerprint density at radius 2 is 0.903 bits per heavy atom. The molecule has 2 nitrogen and oxygen atoms in total. The zero-order valence-corrected chi connectivity index (χ0v) is 16.4. The van der Waals surface area contributed by atoms with Crippen molar-refractivity contribution in [2.45, 2.75) is 0 Å². The first-order chi connectivity index (χ1) is 15.2. The molecular formula is C28H15FN2. The molecule has 0 aliphatic heterocycles. The van der Waals surface area contributed by atoms with Gasteiger partial charge in [-0.3, -0.25) is 0 Å². The van der Waals surface area contributed by atoms with E-state index < -0.39 is 5.82 Å². The Hall–Kier alpha value is -4.47. The first kappa shape index (κ1) is 18.6. The van der Waals surface area contributed by atoms with Crippen LogP contribution in [0, 0.1) is 28.5 Å². The molecule has 0 bridgehead atoms. The highest BCUT2D eigenvalue weighted by Gasteiger charge is 2.18. The van der Waals surface area contributed by atoms with Crippen LogP contribution in [-0.2, 0) is 0 Å². The van der Waals surface area contributed by atoms with Crippen LogP contribution in [0.4, 0.5) is 4.39 Å². The summed E-state index contributed by atoms with van der Waals surface area (Å²) in [6, 6.07) is 33.2. The Labute approximate surface area is 179 Å². The van der Waals surface area contributed by atoms with Crippen molar-refractivity contribution in [2.75, 3.05) is 0 Å². The van der Waals surface area contributed by atoms with Crippen LogP contribution in [0.25, 0.3) is 43.8 Å². The molecule has 0 spiro atoms. The Morgan fingerprint density at radius 1 is 0.516 bits per heavy atom. The maximum absolute atomic E-state index is 14.4. The largest absolute Gasteiger partial charge is 0.204 e. The summed E-state index contributed by atoms with van der Waals surface area (Å²) in [6.45, 7) is 0. The van der Waals surface area contributed by atoms with E-state index in [1.807, 2.05) is 66.7 Å². The van der Waals surface area contributed by atoms with Gasteiger partial charge >= 0.3 is 0 Å². The molecule has 31 heavy (non-hydrogen) atoms. The molecule has 0 N–H and O–H groups in total. The topological polar surface area (TPSA) is 47.6 Å². The zero-order chi connectivity index (χ0) is 21.4. The van der Waals surface area contributed by atoms with E-state index >= 15 is 0 Å². The molecule has 0 aliphatic rings. The molecule has 0 unspecified atom stereocenters. The molecule has 0 saturated carbocycles. The first-order valence-electron chi connectivity index (χ1n) is 9.86. The van der Waals surface area contributed by atoms with Crippen molar-refractivity contribution in [3.63, 3.8) is 0 Å². The minimum atomic E-state index is -0.775. The Kier molecular flexibility index (Phi) is 4.43. The van der Waals surface area contributed by atoms with Gasteiger partial charge in [-0.2, -0.15) is 10.5 Å². The third-order valence-corrected chi connectivity index (χ3v) is 5.60. The maximum atomic E-state index is 14.4. The van der Waals surface area contributed by atoms with E-state index in [1.54, 1.807) is 0 Å². The highest BCUT2D eigenvalue weighted by Crippen LogP contribution is 2.43. The van der Waals surface area contributed by atoms with E-state index in [4.69, 9.17) is 0 Å². The number of rotatable bonds is 2. The van der Waals surface area contributed by atoms with Gasteiger partial charge in [0, 0.05) is 0 Å². The lowest BCUT2D eigenvalue weighted by Gasteiger charge is -2.18. The number of nitriles is 2. The van der Waals surface area contributed by atoms with E-state index in [-0.39, 0.29) is 11.1 Å². The Bertz CT molecular complexity index is 1460. The average molecular weight is 398 g/mol. The van der Waals surface area contributed by atoms with Crippen molar-refractivity contribution in [1.29, 1.82) is 10.5 Å². The number of nitrogens with zero attached hydrogens (tertiary/aromatic N) is 2. The summed E-state index contributed by atoms with van der Waals surface area (Å²) >= 11 is 0. The number of halogens is 1. The monoisotopic (exact) mass is 398 g/mol. The molecule has 144 valence electrons. The predicted octanol–water partition coefficient (Wildman–Crippen LogP) is 7.21. The molecule has 0 amide bonds. The van der Waals surface area contributed by atoms with Gasteiger partial charge in [0.25, 0.3) is 0 Å². The van der Waals surface area contributed by atoms with Gasteiger partial charge in [0.1, 0.15) is 12.1 Å². The molecule has 0 atom stereocenters. The zero-order valence-electron chi connectivity index (χ0n) is 16.4. The van der Waals surface area contributed by atoms with E-state index in [1.165, 1.54) is 12.1 Å². The minimum Gasteiger partial charge on any atom is -0.204 e. The highest BCUT2D eigenvalue weighted by molar-refractivity contribution is 6.21. The number of fused-ring (bicyclic) bond motifs is 2. The smallest absolute Gasteiger partial charge is 0.158 e. The molecule has 0 saturated heterocycles. The molecule has 3 heteroatoms. The van der Waals surface area contributed by atoms with Crippen molar-refractivity contribution >= 4 is 21.5 Å². The Balaban J connectivity index is 1.99. The Morgan fingerprint density at radius 3 is 1.32 bits per heavy atom. The summed E-state index contributed by atoms with van der Waals surface area (Å²) in [6.07, 6.45) is 0. The fraction of sp³-hybridized carbons (Fsp3) is 0. The van der Waals surface area contributed by atoms with Crippen molar-refractivity contribution < 1.29 is 4.39 Å². The summed E-state index contributed by atoms with van der Waals surface area (Å²) < 4.78 is 14.4. The second-order valence-electron chi connectivity index (χ2n) is 7.32. The van der Waals surface area contributed by atoms with Gasteiger partial charge in [-0.1, -0.05) is 78.9 Å². The van der Waals surface area contributed by atoms with Crippen LogP contribution in [0.5, 0.6) is 0 Å². The van der Waals surface area contributed by atoms with Crippen molar-refractivity contribution in [2.24, 2.45) is 0 Å². The van der Waals surface area contributed by atoms with Crippen LogP contribution in [0.2, 0.25) is 0 Å². The van der Waals surface area contributed by atoms with Crippen LogP contribution in [0.1, 0.15) is 11.1 Å². The molecule has 0 aromatic heterocycles. The molecule has 5 aromatic carbocycles. The second kappa shape index (κ2) is 7.41. The summed E-state index contributed by atoms with van der Waals surface area (Å²) in [5.74, 6) is -0.775. The normalized spacial score (nSPS) is 10.7. The van der Waals surface area contributed by atoms with Gasteiger partial charge in [-0.25, -0.2) is 4.39 Å². The summed E-state index contributed by atoms with van der Waals surface area (Å²) in [4.78, 5) is 0. The minimum absolute atomic E-state index is 0.130. The molecule has 0 heterocycles. The van der Waals surface area contributed by atoms with Gasteiger partial charge in [0.05, 0.1) is 11.1 Å². The van der Waals surface area contributed by atoms with Gasteiger partial charge in [-0.15, -0.1) is 0 Å². The summed E-state index contributed by atoms with van der Waals surface area (Å²) in [5, 5.41) is 22.9. The molecule has 0 aliphatic carbocycles. The van der Waals surface area contributed by atoms with Gasteiger partial charge in [0.2, 0.25) is 0 Å². The fourth-order valence-electron chi connectivity index (χ4n) is 4.29. The van der Waals surface area contributed by atoms with E-state index in [2.05, 4.69) is 24.3 Å². The van der Waals surface area contributed by atoms with Crippen LogP contribution in [0.15, 0.2) is 91.0 Å². The molecule has 5 rings (SSSR count). The molecule has 0 fully saturated rings. The second-order valence-corrected chi connectivity index (χ2v) is 7.32. The number of hydrogen-bond donors (Lipinski definition) is 0. The quantitative estimate of drug-likeness (QED) is 0.295. The SMILES string of the molecule is N#Cc1cc(-c2c3ccccc3c(-c3ccccc3)c3ccccc23)cc(C#N)c1F. The van der Waals surface area contributed by atoms with E-state index in [0.29, 0.717) is 5.56 Å². The van der Waals surface area contributed by atoms with Gasteiger partial charge in [-0.05, 0) is 55.9 Å². The maximum Gasteiger partial charge on any atom is 0.158 e. The van der Waals surface area contributed by atoms with Crippen LogP contribution < -0.4 is 0 Å². The summed E-state index contributed by atoms with van der Waals surface area (Å²) in [5.41, 5.74) is 3.51. The fourth-order valence-corrected chi connectivity index (χ4v) is 4.29. The van der Waals surface area contributed by atoms with Crippen molar-refractivity contribution in [3.05, 3.63) is 108 Å². The predicted molar refractivity (Wildman–Crippen MR) is 122 cm³/mol. The van der Waals surface area contributed by atoms with Crippen molar-refractivity contribution in [3.8, 4) is 34.4 Å². The van der Waals surface area contributed by atoms with Crippen LogP contribution in [-0.4, -0.2) is 0 Å². The molecule has 5 aromatic rings. The lowest BCUT2D eigenvalue weighted by Crippen LogP contribution is -1.95. The third kappa shape index (κ3) is 2.92. The van der Waals surface area contributed by atoms with Gasteiger partial charge in [0.15, 0.2) is 5.82 Å². The van der Waals surface area contributed by atoms with Gasteiger partial charge < -0.3 is 0 Å². The van der Waals surface area contributed by atoms with Crippen LogP contribution >= 0.6 is 0 Å². The third-order valence-electron chi connectivity index (χ3n) is 5.60. The van der Waals surface area contributed by atoms with Crippen LogP contribution in [0.3, 0.4) is 0 Å². The lowest BCUT2D eigenvalue weighted by atomic mass is 9.85. The number of benzene rings is 5. The number of hydrogen-bond acceptors (Lipinski definition) is 2. The lowest BCUT2D eigenvalue weighted by molar-refractivity contribution is 0.620.